The molecule has 3 rings (SSSR count). The molecular formula is C20H22N2O2S. The zero-order valence-corrected chi connectivity index (χ0v) is 15.6. The third kappa shape index (κ3) is 4.24. The normalized spacial score (nSPS) is 12.0. The molecule has 4 nitrogen and oxygen atoms in total. The molecule has 2 aromatic carbocycles. The molecular weight excluding hydrogens is 332 g/mol. The summed E-state index contributed by atoms with van der Waals surface area (Å²) in [7, 11) is 1.68. The van der Waals surface area contributed by atoms with Crippen LogP contribution in [0.15, 0.2) is 47.5 Å². The highest BCUT2D eigenvalue weighted by Crippen LogP contribution is 2.19. The fraction of sp³-hybridized carbons (Fsp3) is 0.300. The van der Waals surface area contributed by atoms with E-state index in [9.17, 15) is 4.79 Å². The van der Waals surface area contributed by atoms with E-state index in [2.05, 4.69) is 34.7 Å². The SMILES string of the molecule is COCCn1c(=NC(=O)Cc2cccc(C)c2)sc2cc(C)ccc21. The first-order valence-corrected chi connectivity index (χ1v) is 9.10. The number of ether oxygens (including phenoxy) is 1. The van der Waals surface area contributed by atoms with Gasteiger partial charge in [-0.05, 0) is 37.1 Å². The van der Waals surface area contributed by atoms with Crippen LogP contribution in [0.1, 0.15) is 16.7 Å². The summed E-state index contributed by atoms with van der Waals surface area (Å²) in [5, 5.41) is 0. The van der Waals surface area contributed by atoms with Crippen molar-refractivity contribution in [2.75, 3.05) is 13.7 Å². The van der Waals surface area contributed by atoms with Crippen molar-refractivity contribution in [3.8, 4) is 0 Å². The predicted octanol–water partition coefficient (Wildman–Crippen LogP) is 3.64. The number of amides is 1. The molecule has 0 aliphatic rings. The number of thiazole rings is 1. The van der Waals surface area contributed by atoms with Crippen molar-refractivity contribution in [3.05, 3.63) is 64.0 Å². The van der Waals surface area contributed by atoms with Crippen LogP contribution in [0.4, 0.5) is 0 Å². The molecule has 0 bridgehead atoms. The summed E-state index contributed by atoms with van der Waals surface area (Å²) in [6.45, 7) is 5.35. The fourth-order valence-corrected chi connectivity index (χ4v) is 3.98. The van der Waals surface area contributed by atoms with Gasteiger partial charge >= 0.3 is 0 Å². The summed E-state index contributed by atoms with van der Waals surface area (Å²) in [6, 6.07) is 14.3. The number of hydrogen-bond acceptors (Lipinski definition) is 3. The lowest BCUT2D eigenvalue weighted by atomic mass is 10.1. The number of aryl methyl sites for hydroxylation is 2. The van der Waals surface area contributed by atoms with Crippen LogP contribution < -0.4 is 4.80 Å². The molecule has 5 heteroatoms. The molecule has 1 amide bonds. The number of nitrogens with zero attached hydrogens (tertiary/aromatic N) is 2. The quantitative estimate of drug-likeness (QED) is 0.702. The van der Waals surface area contributed by atoms with Gasteiger partial charge in [-0.3, -0.25) is 4.79 Å². The third-order valence-electron chi connectivity index (χ3n) is 4.02. The average molecular weight is 354 g/mol. The van der Waals surface area contributed by atoms with Crippen LogP contribution in [0, 0.1) is 13.8 Å². The minimum atomic E-state index is -0.125. The Labute approximate surface area is 151 Å². The lowest BCUT2D eigenvalue weighted by Crippen LogP contribution is -2.19. The first kappa shape index (κ1) is 17.6. The minimum absolute atomic E-state index is 0.125. The van der Waals surface area contributed by atoms with Crippen molar-refractivity contribution in [1.29, 1.82) is 0 Å². The maximum Gasteiger partial charge on any atom is 0.252 e. The number of hydrogen-bond donors (Lipinski definition) is 0. The summed E-state index contributed by atoms with van der Waals surface area (Å²) in [4.78, 5) is 17.6. The topological polar surface area (TPSA) is 43.6 Å². The number of benzene rings is 2. The maximum absolute atomic E-state index is 12.5. The van der Waals surface area contributed by atoms with Crippen molar-refractivity contribution >= 4 is 27.5 Å². The van der Waals surface area contributed by atoms with E-state index in [4.69, 9.17) is 4.74 Å². The van der Waals surface area contributed by atoms with Gasteiger partial charge in [0.15, 0.2) is 4.80 Å². The van der Waals surface area contributed by atoms with E-state index >= 15 is 0 Å². The van der Waals surface area contributed by atoms with E-state index in [1.54, 1.807) is 18.4 Å². The zero-order valence-electron chi connectivity index (χ0n) is 14.8. The lowest BCUT2D eigenvalue weighted by Gasteiger charge is -2.04. The van der Waals surface area contributed by atoms with Gasteiger partial charge in [0, 0.05) is 13.7 Å². The van der Waals surface area contributed by atoms with Crippen molar-refractivity contribution in [3.63, 3.8) is 0 Å². The van der Waals surface area contributed by atoms with E-state index < -0.39 is 0 Å². The van der Waals surface area contributed by atoms with Gasteiger partial charge in [-0.2, -0.15) is 4.99 Å². The van der Waals surface area contributed by atoms with Gasteiger partial charge in [0.25, 0.3) is 5.91 Å². The Balaban J connectivity index is 1.97. The molecule has 0 N–H and O–H groups in total. The number of fused-ring (bicyclic) bond motifs is 1. The molecule has 25 heavy (non-hydrogen) atoms. The third-order valence-corrected chi connectivity index (χ3v) is 5.06. The van der Waals surface area contributed by atoms with E-state index in [1.807, 2.05) is 31.2 Å². The largest absolute Gasteiger partial charge is 0.383 e. The molecule has 1 heterocycles. The highest BCUT2D eigenvalue weighted by atomic mass is 32.1. The van der Waals surface area contributed by atoms with Crippen molar-refractivity contribution < 1.29 is 9.53 Å². The van der Waals surface area contributed by atoms with Crippen LogP contribution in [0.5, 0.6) is 0 Å². The Morgan fingerprint density at radius 2 is 1.96 bits per heavy atom. The van der Waals surface area contributed by atoms with Crippen LogP contribution in [-0.2, 0) is 22.5 Å². The van der Waals surface area contributed by atoms with Crippen LogP contribution >= 0.6 is 11.3 Å². The first-order valence-electron chi connectivity index (χ1n) is 8.29. The van der Waals surface area contributed by atoms with Crippen LogP contribution in [0.3, 0.4) is 0 Å². The minimum Gasteiger partial charge on any atom is -0.383 e. The molecule has 0 radical (unpaired) electrons. The summed E-state index contributed by atoms with van der Waals surface area (Å²) in [6.07, 6.45) is 0.319. The average Bonchev–Trinajstić information content (AvgIpc) is 2.88. The molecule has 0 saturated heterocycles. The summed E-state index contributed by atoms with van der Waals surface area (Å²) in [5.41, 5.74) is 4.44. The molecule has 0 spiro atoms. The second-order valence-electron chi connectivity index (χ2n) is 6.17. The Morgan fingerprint density at radius 1 is 1.16 bits per heavy atom. The predicted molar refractivity (Wildman–Crippen MR) is 102 cm³/mol. The number of carbonyl (C=O) groups is 1. The number of methoxy groups -OCH3 is 1. The van der Waals surface area contributed by atoms with Gasteiger partial charge in [0.05, 0.1) is 23.2 Å². The molecule has 3 aromatic rings. The summed E-state index contributed by atoms with van der Waals surface area (Å²) >= 11 is 1.55. The molecule has 0 aliphatic heterocycles. The standard InChI is InChI=1S/C20H22N2O2S/c1-14-5-4-6-16(11-14)13-19(23)21-20-22(9-10-24-3)17-8-7-15(2)12-18(17)25-20/h4-8,11-12H,9-10,13H2,1-3H3. The van der Waals surface area contributed by atoms with Gasteiger partial charge in [0.1, 0.15) is 0 Å². The van der Waals surface area contributed by atoms with Crippen molar-refractivity contribution in [2.45, 2.75) is 26.8 Å². The Hall–Kier alpha value is -2.24. The van der Waals surface area contributed by atoms with Gasteiger partial charge in [-0.1, -0.05) is 47.2 Å². The van der Waals surface area contributed by atoms with E-state index in [-0.39, 0.29) is 5.91 Å². The van der Waals surface area contributed by atoms with Crippen LogP contribution in [0.25, 0.3) is 10.2 Å². The molecule has 0 atom stereocenters. The number of aromatic nitrogens is 1. The Bertz CT molecular complexity index is 969. The molecule has 0 saturated carbocycles. The highest BCUT2D eigenvalue weighted by molar-refractivity contribution is 7.16. The second-order valence-corrected chi connectivity index (χ2v) is 7.18. The summed E-state index contributed by atoms with van der Waals surface area (Å²) < 4.78 is 8.42. The number of rotatable bonds is 5. The highest BCUT2D eigenvalue weighted by Gasteiger charge is 2.09. The van der Waals surface area contributed by atoms with Crippen LogP contribution in [0.2, 0.25) is 0 Å². The smallest absolute Gasteiger partial charge is 0.252 e. The molecule has 0 unspecified atom stereocenters. The van der Waals surface area contributed by atoms with E-state index in [0.29, 0.717) is 19.6 Å². The molecule has 130 valence electrons. The van der Waals surface area contributed by atoms with Gasteiger partial charge in [-0.25, -0.2) is 0 Å². The zero-order chi connectivity index (χ0) is 17.8. The Kier molecular flexibility index (Phi) is 5.46. The van der Waals surface area contributed by atoms with Gasteiger partial charge < -0.3 is 9.30 Å². The maximum atomic E-state index is 12.5. The van der Waals surface area contributed by atoms with Gasteiger partial charge in [-0.15, -0.1) is 0 Å². The Morgan fingerprint density at radius 3 is 2.72 bits per heavy atom. The lowest BCUT2D eigenvalue weighted by molar-refractivity contribution is -0.117. The van der Waals surface area contributed by atoms with Crippen molar-refractivity contribution in [2.24, 2.45) is 4.99 Å². The van der Waals surface area contributed by atoms with Gasteiger partial charge in [0.2, 0.25) is 0 Å². The first-order chi connectivity index (χ1) is 12.1. The second kappa shape index (κ2) is 7.76. The molecule has 1 aromatic heterocycles. The van der Waals surface area contributed by atoms with Crippen molar-refractivity contribution in [1.82, 2.24) is 4.57 Å². The number of carbonyl (C=O) groups excluding carboxylic acids is 1. The fourth-order valence-electron chi connectivity index (χ4n) is 2.81. The van der Waals surface area contributed by atoms with E-state index in [1.165, 1.54) is 5.56 Å². The van der Waals surface area contributed by atoms with Crippen LogP contribution in [-0.4, -0.2) is 24.2 Å². The summed E-state index contributed by atoms with van der Waals surface area (Å²) in [5.74, 6) is -0.125. The molecule has 0 aliphatic carbocycles. The molecule has 0 fully saturated rings. The monoisotopic (exact) mass is 354 g/mol. The van der Waals surface area contributed by atoms with E-state index in [0.717, 1.165) is 26.1 Å².